The topological polar surface area (TPSA) is 76.6 Å². The first-order chi connectivity index (χ1) is 14.0. The number of ether oxygens (including phenoxy) is 1. The molecule has 1 aromatic rings. The molecule has 30 heavy (non-hydrogen) atoms. The first kappa shape index (κ1) is 23.0. The first-order valence-electron chi connectivity index (χ1n) is 11.0. The molecule has 1 amide bonds. The van der Waals surface area contributed by atoms with Crippen LogP contribution in [0, 0.1) is 16.7 Å². The van der Waals surface area contributed by atoms with Gasteiger partial charge in [-0.2, -0.15) is 0 Å². The van der Waals surface area contributed by atoms with Crippen molar-refractivity contribution in [3.63, 3.8) is 0 Å². The molecular weight excluding hydrogens is 400 g/mol. The number of pyridine rings is 1. The molecule has 1 aliphatic carbocycles. The second-order valence-electron chi connectivity index (χ2n) is 10.5. The summed E-state index contributed by atoms with van der Waals surface area (Å²) in [6, 6.07) is 3.15. The molecule has 0 aromatic carbocycles. The van der Waals surface area contributed by atoms with Crippen LogP contribution in [0.4, 0.5) is 0 Å². The lowest BCUT2D eigenvalue weighted by Crippen LogP contribution is -2.49. The Morgan fingerprint density at radius 1 is 1.23 bits per heavy atom. The Morgan fingerprint density at radius 3 is 2.43 bits per heavy atom. The number of likely N-dealkylation sites (tertiary alicyclic amines) is 1. The maximum atomic E-state index is 12.4. The minimum absolute atomic E-state index is 0.0572. The minimum Gasteiger partial charge on any atom is -0.492 e. The molecule has 3 rings (SSSR count). The fourth-order valence-electron chi connectivity index (χ4n) is 4.81. The number of amides is 1. The van der Waals surface area contributed by atoms with E-state index in [0.29, 0.717) is 30.1 Å². The van der Waals surface area contributed by atoms with E-state index < -0.39 is 9.84 Å². The molecule has 0 unspecified atom stereocenters. The van der Waals surface area contributed by atoms with Gasteiger partial charge in [0, 0.05) is 25.8 Å². The van der Waals surface area contributed by atoms with Crippen LogP contribution in [-0.2, 0) is 14.6 Å². The van der Waals surface area contributed by atoms with Crippen LogP contribution in [0.5, 0.6) is 5.75 Å². The van der Waals surface area contributed by atoms with Crippen molar-refractivity contribution in [3.8, 4) is 5.75 Å². The lowest BCUT2D eigenvalue weighted by Gasteiger charge is -2.52. The highest BCUT2D eigenvalue weighted by Gasteiger charge is 2.45. The summed E-state index contributed by atoms with van der Waals surface area (Å²) < 4.78 is 28.6. The van der Waals surface area contributed by atoms with Crippen molar-refractivity contribution in [3.05, 3.63) is 18.3 Å². The van der Waals surface area contributed by atoms with Crippen molar-refractivity contribution in [1.29, 1.82) is 0 Å². The van der Waals surface area contributed by atoms with Gasteiger partial charge in [-0.1, -0.05) is 20.8 Å². The Hall–Kier alpha value is -1.63. The van der Waals surface area contributed by atoms with E-state index in [0.717, 1.165) is 50.9 Å². The maximum absolute atomic E-state index is 12.4. The van der Waals surface area contributed by atoms with Gasteiger partial charge in [0.2, 0.25) is 5.91 Å². The van der Waals surface area contributed by atoms with Crippen LogP contribution < -0.4 is 4.74 Å². The number of piperidine rings is 1. The van der Waals surface area contributed by atoms with E-state index in [9.17, 15) is 13.2 Å². The molecule has 7 heteroatoms. The van der Waals surface area contributed by atoms with E-state index in [1.54, 1.807) is 6.07 Å². The van der Waals surface area contributed by atoms with E-state index in [4.69, 9.17) is 4.74 Å². The number of hydrogen-bond donors (Lipinski definition) is 0. The van der Waals surface area contributed by atoms with Gasteiger partial charge in [0.1, 0.15) is 5.75 Å². The number of carbonyl (C=O) groups is 1. The Kier molecular flexibility index (Phi) is 6.80. The summed E-state index contributed by atoms with van der Waals surface area (Å²) in [6.45, 7) is 8.83. The predicted octanol–water partition coefficient (Wildman–Crippen LogP) is 4.10. The molecule has 1 aromatic heterocycles. The van der Waals surface area contributed by atoms with Crippen molar-refractivity contribution in [2.75, 3.05) is 26.0 Å². The molecule has 1 saturated heterocycles. The van der Waals surface area contributed by atoms with Crippen LogP contribution >= 0.6 is 0 Å². The highest BCUT2D eigenvalue weighted by atomic mass is 32.2. The van der Waals surface area contributed by atoms with Gasteiger partial charge in [-0.05, 0) is 67.4 Å². The van der Waals surface area contributed by atoms with Crippen molar-refractivity contribution in [2.45, 2.75) is 70.7 Å². The number of rotatable bonds is 7. The largest absolute Gasteiger partial charge is 0.492 e. The second-order valence-corrected chi connectivity index (χ2v) is 12.5. The molecule has 2 fully saturated rings. The third-order valence-corrected chi connectivity index (χ3v) is 7.42. The molecule has 1 spiro atoms. The average molecular weight is 437 g/mol. The average Bonchev–Trinajstić information content (AvgIpc) is 2.62. The van der Waals surface area contributed by atoms with Crippen molar-refractivity contribution in [1.82, 2.24) is 9.88 Å². The van der Waals surface area contributed by atoms with Crippen LogP contribution in [0.25, 0.3) is 0 Å². The molecule has 0 atom stereocenters. The Labute approximate surface area is 181 Å². The SMILES string of the molecule is CC(C)(C)CC(=O)N1CCC2(CC1)CC(CCCOc1ccc(S(C)(=O)=O)nc1)C2. The lowest BCUT2D eigenvalue weighted by molar-refractivity contribution is -0.137. The van der Waals surface area contributed by atoms with E-state index in [1.807, 2.05) is 0 Å². The Balaban J connectivity index is 1.32. The van der Waals surface area contributed by atoms with Gasteiger partial charge >= 0.3 is 0 Å². The maximum Gasteiger partial charge on any atom is 0.223 e. The molecule has 0 bridgehead atoms. The van der Waals surface area contributed by atoms with Crippen LogP contribution in [0.3, 0.4) is 0 Å². The summed E-state index contributed by atoms with van der Waals surface area (Å²) in [5, 5.41) is 0.0702. The molecule has 1 saturated carbocycles. The monoisotopic (exact) mass is 436 g/mol. The quantitative estimate of drug-likeness (QED) is 0.602. The van der Waals surface area contributed by atoms with Crippen LogP contribution in [0.1, 0.15) is 65.7 Å². The van der Waals surface area contributed by atoms with E-state index in [2.05, 4.69) is 30.7 Å². The molecule has 0 radical (unpaired) electrons. The van der Waals surface area contributed by atoms with E-state index in [-0.39, 0.29) is 10.4 Å². The molecule has 0 N–H and O–H groups in total. The van der Waals surface area contributed by atoms with Gasteiger partial charge in [-0.15, -0.1) is 0 Å². The summed E-state index contributed by atoms with van der Waals surface area (Å²) in [5.41, 5.74) is 0.525. The van der Waals surface area contributed by atoms with Gasteiger partial charge in [0.25, 0.3) is 0 Å². The zero-order valence-electron chi connectivity index (χ0n) is 18.8. The number of sulfone groups is 1. The van der Waals surface area contributed by atoms with Gasteiger partial charge in [-0.25, -0.2) is 13.4 Å². The number of aromatic nitrogens is 1. The van der Waals surface area contributed by atoms with Gasteiger partial charge < -0.3 is 9.64 Å². The molecule has 6 nitrogen and oxygen atoms in total. The van der Waals surface area contributed by atoms with Crippen molar-refractivity contribution < 1.29 is 17.9 Å². The standard InChI is InChI=1S/C23H36N2O4S/c1-22(2,3)16-21(26)25-11-9-23(10-12-25)14-18(15-23)6-5-13-29-19-7-8-20(24-17-19)30(4,27)28/h7-8,17-18H,5-6,9-16H2,1-4H3. The third kappa shape index (κ3) is 6.19. The van der Waals surface area contributed by atoms with Gasteiger partial charge in [0.05, 0.1) is 12.8 Å². The number of nitrogens with zero attached hydrogens (tertiary/aromatic N) is 2. The second kappa shape index (κ2) is 8.85. The highest BCUT2D eigenvalue weighted by molar-refractivity contribution is 7.90. The number of carbonyl (C=O) groups excluding carboxylic acids is 1. The normalized spacial score (nSPS) is 19.5. The fraction of sp³-hybridized carbons (Fsp3) is 0.739. The smallest absolute Gasteiger partial charge is 0.223 e. The van der Waals surface area contributed by atoms with Crippen LogP contribution in [0.15, 0.2) is 23.4 Å². The Morgan fingerprint density at radius 2 is 1.90 bits per heavy atom. The predicted molar refractivity (Wildman–Crippen MR) is 117 cm³/mol. The van der Waals surface area contributed by atoms with Gasteiger partial charge in [0.15, 0.2) is 14.9 Å². The zero-order chi connectivity index (χ0) is 22.0. The Bertz CT molecular complexity index is 827. The summed E-state index contributed by atoms with van der Waals surface area (Å²) >= 11 is 0. The molecular formula is C23H36N2O4S. The summed E-state index contributed by atoms with van der Waals surface area (Å²) in [4.78, 5) is 18.4. The van der Waals surface area contributed by atoms with Crippen LogP contribution in [-0.4, -0.2) is 50.2 Å². The molecule has 168 valence electrons. The van der Waals surface area contributed by atoms with Crippen molar-refractivity contribution in [2.24, 2.45) is 16.7 Å². The first-order valence-corrected chi connectivity index (χ1v) is 12.9. The number of hydrogen-bond acceptors (Lipinski definition) is 5. The highest BCUT2D eigenvalue weighted by Crippen LogP contribution is 2.54. The van der Waals surface area contributed by atoms with E-state index in [1.165, 1.54) is 25.1 Å². The fourth-order valence-corrected chi connectivity index (χ4v) is 5.37. The lowest BCUT2D eigenvalue weighted by atomic mass is 9.56. The van der Waals surface area contributed by atoms with E-state index >= 15 is 0 Å². The van der Waals surface area contributed by atoms with Crippen LogP contribution in [0.2, 0.25) is 0 Å². The molecule has 1 aliphatic heterocycles. The van der Waals surface area contributed by atoms with Crippen molar-refractivity contribution >= 4 is 15.7 Å². The summed E-state index contributed by atoms with van der Waals surface area (Å²) in [6.07, 6.45) is 10.3. The summed E-state index contributed by atoms with van der Waals surface area (Å²) in [7, 11) is -3.27. The summed E-state index contributed by atoms with van der Waals surface area (Å²) in [5.74, 6) is 1.68. The zero-order valence-corrected chi connectivity index (χ0v) is 19.6. The molecule has 2 aliphatic rings. The van der Waals surface area contributed by atoms with Gasteiger partial charge in [-0.3, -0.25) is 4.79 Å². The minimum atomic E-state index is -3.27. The molecule has 2 heterocycles. The third-order valence-electron chi connectivity index (χ3n) is 6.42.